The number of rotatable bonds is 4. The van der Waals surface area contributed by atoms with E-state index in [2.05, 4.69) is 0 Å². The molecule has 0 radical (unpaired) electrons. The molecule has 1 atom stereocenters. The Morgan fingerprint density at radius 2 is 1.89 bits per heavy atom. The van der Waals surface area contributed by atoms with E-state index in [0.717, 1.165) is 0 Å². The van der Waals surface area contributed by atoms with Crippen LogP contribution in [0.15, 0.2) is 6.07 Å². The second-order valence-electron chi connectivity index (χ2n) is 3.66. The fraction of sp³-hybridized carbons (Fsp3) is 0.273. The van der Waals surface area contributed by atoms with Gasteiger partial charge in [0.15, 0.2) is 17.4 Å². The SMILES string of the molecule is CC[C@@H](NC(=O)c1cc(F)c(F)c(O)c1F)C(=O)O. The Balaban J connectivity index is 3.11. The molecule has 0 aliphatic carbocycles. The highest BCUT2D eigenvalue weighted by molar-refractivity contribution is 5.97. The maximum atomic E-state index is 13.4. The minimum absolute atomic E-state index is 0.0123. The Morgan fingerprint density at radius 1 is 1.32 bits per heavy atom. The van der Waals surface area contributed by atoms with Crippen LogP contribution in [0.5, 0.6) is 5.75 Å². The molecule has 19 heavy (non-hydrogen) atoms. The highest BCUT2D eigenvalue weighted by Gasteiger charge is 2.25. The maximum absolute atomic E-state index is 13.4. The molecule has 0 saturated heterocycles. The monoisotopic (exact) mass is 277 g/mol. The van der Waals surface area contributed by atoms with Crippen LogP contribution < -0.4 is 5.32 Å². The average molecular weight is 277 g/mol. The van der Waals surface area contributed by atoms with Gasteiger partial charge < -0.3 is 15.5 Å². The molecule has 0 aromatic heterocycles. The average Bonchev–Trinajstić information content (AvgIpc) is 2.36. The van der Waals surface area contributed by atoms with Gasteiger partial charge in [0.1, 0.15) is 6.04 Å². The molecule has 0 bridgehead atoms. The number of carboxylic acids is 1. The molecule has 0 saturated carbocycles. The molecular weight excluding hydrogens is 267 g/mol. The number of nitrogens with one attached hydrogen (secondary N) is 1. The van der Waals surface area contributed by atoms with E-state index in [0.29, 0.717) is 0 Å². The number of carbonyl (C=O) groups excluding carboxylic acids is 1. The van der Waals surface area contributed by atoms with E-state index in [1.54, 1.807) is 0 Å². The van der Waals surface area contributed by atoms with Crippen LogP contribution in [0.3, 0.4) is 0 Å². The Hall–Kier alpha value is -2.25. The number of amides is 1. The van der Waals surface area contributed by atoms with Crippen molar-refractivity contribution in [1.29, 1.82) is 0 Å². The van der Waals surface area contributed by atoms with Gasteiger partial charge in [-0.1, -0.05) is 6.92 Å². The van der Waals surface area contributed by atoms with Crippen LogP contribution in [0.1, 0.15) is 23.7 Å². The molecule has 5 nitrogen and oxygen atoms in total. The largest absolute Gasteiger partial charge is 0.503 e. The van der Waals surface area contributed by atoms with E-state index < -0.39 is 46.7 Å². The summed E-state index contributed by atoms with van der Waals surface area (Å²) in [5, 5.41) is 19.5. The van der Waals surface area contributed by atoms with Gasteiger partial charge in [0.2, 0.25) is 5.82 Å². The molecule has 1 amide bonds. The van der Waals surface area contributed by atoms with Crippen LogP contribution in [-0.2, 0) is 4.79 Å². The van der Waals surface area contributed by atoms with Crippen molar-refractivity contribution in [3.8, 4) is 5.75 Å². The molecule has 104 valence electrons. The van der Waals surface area contributed by atoms with Gasteiger partial charge in [0, 0.05) is 0 Å². The molecule has 0 heterocycles. The van der Waals surface area contributed by atoms with Crippen molar-refractivity contribution in [2.24, 2.45) is 0 Å². The zero-order valence-electron chi connectivity index (χ0n) is 9.71. The number of hydrogen-bond acceptors (Lipinski definition) is 3. The quantitative estimate of drug-likeness (QED) is 0.726. The molecule has 3 N–H and O–H groups in total. The minimum Gasteiger partial charge on any atom is -0.503 e. The summed E-state index contributed by atoms with van der Waals surface area (Å²) in [5.74, 6) is -9.35. The van der Waals surface area contributed by atoms with Crippen LogP contribution in [-0.4, -0.2) is 28.1 Å². The van der Waals surface area contributed by atoms with Gasteiger partial charge in [-0.15, -0.1) is 0 Å². The molecule has 8 heteroatoms. The fourth-order valence-corrected chi connectivity index (χ4v) is 1.33. The number of halogens is 3. The highest BCUT2D eigenvalue weighted by atomic mass is 19.2. The van der Waals surface area contributed by atoms with Crippen LogP contribution >= 0.6 is 0 Å². The standard InChI is InChI=1S/C11H10F3NO4/c1-2-6(11(18)19)15-10(17)4-3-5(12)8(14)9(16)7(4)13/h3,6,16H,2H2,1H3,(H,15,17)(H,18,19)/t6-/m1/s1. The van der Waals surface area contributed by atoms with E-state index in [4.69, 9.17) is 10.2 Å². The van der Waals surface area contributed by atoms with E-state index in [1.165, 1.54) is 6.92 Å². The third-order valence-electron chi connectivity index (χ3n) is 2.39. The number of phenolic OH excluding ortho intramolecular Hbond substituents is 1. The topological polar surface area (TPSA) is 86.6 Å². The molecule has 0 unspecified atom stereocenters. The molecular formula is C11H10F3NO4. The van der Waals surface area contributed by atoms with E-state index in [9.17, 15) is 22.8 Å². The highest BCUT2D eigenvalue weighted by Crippen LogP contribution is 2.25. The summed E-state index contributed by atoms with van der Waals surface area (Å²) in [7, 11) is 0. The first-order chi connectivity index (χ1) is 8.79. The Bertz CT molecular complexity index is 533. The van der Waals surface area contributed by atoms with Gasteiger partial charge in [0.25, 0.3) is 5.91 Å². The maximum Gasteiger partial charge on any atom is 0.326 e. The number of aliphatic carboxylic acids is 1. The normalized spacial score (nSPS) is 12.0. The van der Waals surface area contributed by atoms with E-state index in [-0.39, 0.29) is 12.5 Å². The van der Waals surface area contributed by atoms with Gasteiger partial charge in [-0.05, 0) is 12.5 Å². The number of carbonyl (C=O) groups is 2. The molecule has 0 fully saturated rings. The molecule has 1 rings (SSSR count). The second-order valence-corrected chi connectivity index (χ2v) is 3.66. The third kappa shape index (κ3) is 2.95. The summed E-state index contributed by atoms with van der Waals surface area (Å²) in [5.41, 5.74) is -0.976. The minimum atomic E-state index is -1.82. The molecule has 0 spiro atoms. The number of phenols is 1. The van der Waals surface area contributed by atoms with Crippen LogP contribution in [0.25, 0.3) is 0 Å². The lowest BCUT2D eigenvalue weighted by Gasteiger charge is -2.13. The van der Waals surface area contributed by atoms with Crippen molar-refractivity contribution in [3.05, 3.63) is 29.1 Å². The van der Waals surface area contributed by atoms with Gasteiger partial charge in [-0.2, -0.15) is 4.39 Å². The number of hydrogen-bond donors (Lipinski definition) is 3. The van der Waals surface area contributed by atoms with Gasteiger partial charge in [-0.3, -0.25) is 4.79 Å². The summed E-state index contributed by atoms with van der Waals surface area (Å²) in [6.07, 6.45) is 0.0123. The van der Waals surface area contributed by atoms with E-state index >= 15 is 0 Å². The predicted molar refractivity (Wildman–Crippen MR) is 57.2 cm³/mol. The summed E-state index contributed by atoms with van der Waals surface area (Å²) in [6, 6.07) is -1.06. The molecule has 0 aliphatic rings. The van der Waals surface area contributed by atoms with Crippen LogP contribution in [0.2, 0.25) is 0 Å². The number of aromatic hydroxyl groups is 1. The Morgan fingerprint density at radius 3 is 2.37 bits per heavy atom. The van der Waals surface area contributed by atoms with Crippen molar-refractivity contribution >= 4 is 11.9 Å². The zero-order chi connectivity index (χ0) is 14.7. The van der Waals surface area contributed by atoms with Crippen molar-refractivity contribution in [2.75, 3.05) is 0 Å². The van der Waals surface area contributed by atoms with E-state index in [1.807, 2.05) is 5.32 Å². The summed E-state index contributed by atoms with van der Waals surface area (Å²) < 4.78 is 39.1. The van der Waals surface area contributed by atoms with Gasteiger partial charge >= 0.3 is 5.97 Å². The van der Waals surface area contributed by atoms with Crippen molar-refractivity contribution in [2.45, 2.75) is 19.4 Å². The van der Waals surface area contributed by atoms with Crippen molar-refractivity contribution < 1.29 is 33.0 Å². The number of carboxylic acid groups (broad SMARTS) is 1. The van der Waals surface area contributed by atoms with Gasteiger partial charge in [0.05, 0.1) is 5.56 Å². The first kappa shape index (κ1) is 14.8. The van der Waals surface area contributed by atoms with Crippen molar-refractivity contribution in [3.63, 3.8) is 0 Å². The lowest BCUT2D eigenvalue weighted by atomic mass is 10.1. The Kier molecular flexibility index (Phi) is 4.36. The lowest BCUT2D eigenvalue weighted by Crippen LogP contribution is -2.40. The summed E-state index contributed by atoms with van der Waals surface area (Å²) in [6.45, 7) is 1.46. The smallest absolute Gasteiger partial charge is 0.326 e. The Labute approximate surface area is 105 Å². The third-order valence-corrected chi connectivity index (χ3v) is 2.39. The van der Waals surface area contributed by atoms with Gasteiger partial charge in [-0.25, -0.2) is 13.6 Å². The van der Waals surface area contributed by atoms with Crippen molar-refractivity contribution in [1.82, 2.24) is 5.32 Å². The second kappa shape index (κ2) is 5.59. The molecule has 1 aromatic rings. The zero-order valence-corrected chi connectivity index (χ0v) is 9.71. The van der Waals surface area contributed by atoms with Crippen LogP contribution in [0.4, 0.5) is 13.2 Å². The summed E-state index contributed by atoms with van der Waals surface area (Å²) >= 11 is 0. The van der Waals surface area contributed by atoms with Crippen LogP contribution in [0, 0.1) is 17.5 Å². The molecule has 1 aromatic carbocycles. The summed E-state index contributed by atoms with van der Waals surface area (Å²) in [4.78, 5) is 22.2. The lowest BCUT2D eigenvalue weighted by molar-refractivity contribution is -0.139. The predicted octanol–water partition coefficient (Wildman–Crippen LogP) is 1.40. The molecule has 0 aliphatic heterocycles. The number of benzene rings is 1. The first-order valence-corrected chi connectivity index (χ1v) is 5.19. The fourth-order valence-electron chi connectivity index (χ4n) is 1.33. The first-order valence-electron chi connectivity index (χ1n) is 5.19.